The van der Waals surface area contributed by atoms with Crippen molar-refractivity contribution in [1.82, 2.24) is 0 Å². The first kappa shape index (κ1) is 21.9. The zero-order chi connectivity index (χ0) is 18.5. The number of benzene rings is 1. The molecule has 0 aromatic heterocycles. The molecule has 24 heavy (non-hydrogen) atoms. The van der Waals surface area contributed by atoms with Crippen molar-refractivity contribution in [2.24, 2.45) is 5.92 Å². The van der Waals surface area contributed by atoms with Gasteiger partial charge in [0.2, 0.25) is 0 Å². The van der Waals surface area contributed by atoms with Gasteiger partial charge < -0.3 is 0 Å². The standard InChI is InChI=1S/C18H18O.C3H8.C2H6/c1-4-6-16-12-14(5-2)8-10-15-9-7-13(3)11-17(15)18(16)19;1-3-2;1-2/h4-12,14H,2H2,1,3H3;3H2,1-2H3;1-2H3/b6-4+,10-8-,16-12?;;. The fourth-order valence-electron chi connectivity index (χ4n) is 2.18. The van der Waals surface area contributed by atoms with Crippen molar-refractivity contribution in [2.45, 2.75) is 48.0 Å². The Kier molecular flexibility index (Phi) is 11.2. The van der Waals surface area contributed by atoms with Crippen LogP contribution in [0.1, 0.15) is 62.5 Å². The van der Waals surface area contributed by atoms with Crippen molar-refractivity contribution in [3.05, 3.63) is 77.4 Å². The molecule has 0 radical (unpaired) electrons. The van der Waals surface area contributed by atoms with E-state index in [0.717, 1.165) is 22.3 Å². The molecule has 1 aromatic carbocycles. The Hall–Kier alpha value is -2.15. The average molecular weight is 325 g/mol. The minimum absolute atomic E-state index is 0.0769. The summed E-state index contributed by atoms with van der Waals surface area (Å²) in [6.45, 7) is 16.0. The number of ketones is 1. The second-order valence-corrected chi connectivity index (χ2v) is 5.42. The maximum Gasteiger partial charge on any atom is 0.193 e. The van der Waals surface area contributed by atoms with Crippen molar-refractivity contribution in [3.63, 3.8) is 0 Å². The summed E-state index contributed by atoms with van der Waals surface area (Å²) < 4.78 is 0. The fraction of sp³-hybridized carbons (Fsp3) is 0.348. The molecule has 1 aliphatic rings. The number of carbonyl (C=O) groups excluding carboxylic acids is 1. The third-order valence-corrected chi connectivity index (χ3v) is 3.20. The van der Waals surface area contributed by atoms with Gasteiger partial charge in [0.15, 0.2) is 5.78 Å². The van der Waals surface area contributed by atoms with Gasteiger partial charge in [-0.05, 0) is 25.5 Å². The Morgan fingerprint density at radius 1 is 1.21 bits per heavy atom. The van der Waals surface area contributed by atoms with E-state index < -0.39 is 0 Å². The second kappa shape index (κ2) is 12.3. The van der Waals surface area contributed by atoms with E-state index in [1.807, 2.05) is 76.3 Å². The van der Waals surface area contributed by atoms with Gasteiger partial charge in [0.05, 0.1) is 0 Å². The van der Waals surface area contributed by atoms with E-state index in [0.29, 0.717) is 0 Å². The van der Waals surface area contributed by atoms with Gasteiger partial charge in [0.25, 0.3) is 0 Å². The minimum Gasteiger partial charge on any atom is -0.289 e. The number of Topliss-reactive ketones (excluding diaryl/α,β-unsaturated/α-hetero) is 1. The maximum atomic E-state index is 12.6. The Labute approximate surface area is 148 Å². The van der Waals surface area contributed by atoms with Crippen LogP contribution in [-0.4, -0.2) is 5.78 Å². The molecule has 1 heteroatoms. The van der Waals surface area contributed by atoms with E-state index in [1.54, 1.807) is 0 Å². The van der Waals surface area contributed by atoms with Crippen LogP contribution in [0.5, 0.6) is 0 Å². The molecule has 0 saturated carbocycles. The molecule has 0 N–H and O–H groups in total. The number of carbonyl (C=O) groups is 1. The van der Waals surface area contributed by atoms with Crippen LogP contribution >= 0.6 is 0 Å². The fourth-order valence-corrected chi connectivity index (χ4v) is 2.18. The lowest BCUT2D eigenvalue weighted by molar-refractivity contribution is 0.103. The Bertz CT molecular complexity index is 615. The SMILES string of the molecule is C=CC1C=C(/C=C/C)C(=O)c2cc(C)ccc2/C=C\1.CC.CCC. The molecule has 0 bridgehead atoms. The molecule has 0 amide bonds. The molecule has 2 rings (SSSR count). The van der Waals surface area contributed by atoms with Crippen LogP contribution in [0.4, 0.5) is 0 Å². The molecule has 1 atom stereocenters. The van der Waals surface area contributed by atoms with Crippen molar-refractivity contribution in [1.29, 1.82) is 0 Å². The normalized spacial score (nSPS) is 17.2. The van der Waals surface area contributed by atoms with Crippen LogP contribution in [0, 0.1) is 12.8 Å². The van der Waals surface area contributed by atoms with Crippen LogP contribution in [-0.2, 0) is 0 Å². The van der Waals surface area contributed by atoms with Gasteiger partial charge >= 0.3 is 0 Å². The highest BCUT2D eigenvalue weighted by molar-refractivity contribution is 6.12. The smallest absolute Gasteiger partial charge is 0.193 e. The van der Waals surface area contributed by atoms with Gasteiger partial charge in [-0.2, -0.15) is 0 Å². The number of aryl methyl sites for hydroxylation is 1. The Morgan fingerprint density at radius 3 is 2.38 bits per heavy atom. The van der Waals surface area contributed by atoms with Crippen LogP contribution in [0.15, 0.2) is 60.7 Å². The summed E-state index contributed by atoms with van der Waals surface area (Å²) in [5.41, 5.74) is 3.56. The summed E-state index contributed by atoms with van der Waals surface area (Å²) in [5.74, 6) is 0.164. The highest BCUT2D eigenvalue weighted by Crippen LogP contribution is 2.23. The van der Waals surface area contributed by atoms with Crippen LogP contribution < -0.4 is 0 Å². The van der Waals surface area contributed by atoms with Gasteiger partial charge in [-0.25, -0.2) is 0 Å². The van der Waals surface area contributed by atoms with Crippen molar-refractivity contribution >= 4 is 11.9 Å². The van der Waals surface area contributed by atoms with Crippen LogP contribution in [0.25, 0.3) is 6.08 Å². The highest BCUT2D eigenvalue weighted by atomic mass is 16.1. The molecule has 1 aliphatic carbocycles. The molecule has 0 saturated heterocycles. The van der Waals surface area contributed by atoms with E-state index in [-0.39, 0.29) is 11.7 Å². The molecular weight excluding hydrogens is 292 g/mol. The summed E-state index contributed by atoms with van der Waals surface area (Å²) in [7, 11) is 0. The lowest BCUT2D eigenvalue weighted by atomic mass is 9.90. The molecule has 1 unspecified atom stereocenters. The minimum atomic E-state index is 0.0769. The predicted molar refractivity (Wildman–Crippen MR) is 108 cm³/mol. The number of rotatable bonds is 2. The summed E-state index contributed by atoms with van der Waals surface area (Å²) >= 11 is 0. The average Bonchev–Trinajstić information content (AvgIpc) is 2.59. The molecule has 0 heterocycles. The number of fused-ring (bicyclic) bond motifs is 1. The highest BCUT2D eigenvalue weighted by Gasteiger charge is 2.16. The first-order valence-electron chi connectivity index (χ1n) is 8.87. The first-order valence-corrected chi connectivity index (χ1v) is 8.87. The van der Waals surface area contributed by atoms with Gasteiger partial charge in [-0.1, -0.05) is 88.3 Å². The van der Waals surface area contributed by atoms with E-state index in [4.69, 9.17) is 0 Å². The molecular formula is C23H32O. The molecule has 1 nitrogen and oxygen atoms in total. The molecule has 130 valence electrons. The van der Waals surface area contributed by atoms with E-state index in [2.05, 4.69) is 26.5 Å². The zero-order valence-electron chi connectivity index (χ0n) is 16.1. The van der Waals surface area contributed by atoms with Crippen molar-refractivity contribution in [3.8, 4) is 0 Å². The van der Waals surface area contributed by atoms with Gasteiger partial charge in [-0.3, -0.25) is 4.79 Å². The van der Waals surface area contributed by atoms with E-state index in [9.17, 15) is 4.79 Å². The van der Waals surface area contributed by atoms with Crippen molar-refractivity contribution < 1.29 is 4.79 Å². The molecule has 0 spiro atoms. The number of hydrogen-bond acceptors (Lipinski definition) is 1. The van der Waals surface area contributed by atoms with Gasteiger partial charge in [-0.15, -0.1) is 6.58 Å². The maximum absolute atomic E-state index is 12.6. The Balaban J connectivity index is 0.000000952. The summed E-state index contributed by atoms with van der Waals surface area (Å²) in [5, 5.41) is 0. The molecule has 0 fully saturated rings. The largest absolute Gasteiger partial charge is 0.289 e. The molecule has 0 aliphatic heterocycles. The van der Waals surface area contributed by atoms with Crippen LogP contribution in [0.3, 0.4) is 0 Å². The lowest BCUT2D eigenvalue weighted by Crippen LogP contribution is -2.08. The third kappa shape index (κ3) is 6.54. The first-order chi connectivity index (χ1) is 11.6. The third-order valence-electron chi connectivity index (χ3n) is 3.20. The van der Waals surface area contributed by atoms with E-state index in [1.165, 1.54) is 6.42 Å². The molecule has 1 aromatic rings. The van der Waals surface area contributed by atoms with Crippen LogP contribution in [0.2, 0.25) is 0 Å². The van der Waals surface area contributed by atoms with E-state index >= 15 is 0 Å². The lowest BCUT2D eigenvalue weighted by Gasteiger charge is -2.13. The topological polar surface area (TPSA) is 17.1 Å². The second-order valence-electron chi connectivity index (χ2n) is 5.42. The summed E-state index contributed by atoms with van der Waals surface area (Å²) in [6.07, 6.45) is 12.9. The predicted octanol–water partition coefficient (Wildman–Crippen LogP) is 6.95. The van der Waals surface area contributed by atoms with Gasteiger partial charge in [0.1, 0.15) is 0 Å². The zero-order valence-corrected chi connectivity index (χ0v) is 16.1. The Morgan fingerprint density at radius 2 is 1.83 bits per heavy atom. The monoisotopic (exact) mass is 324 g/mol. The quantitative estimate of drug-likeness (QED) is 0.538. The summed E-state index contributed by atoms with van der Waals surface area (Å²) in [4.78, 5) is 12.6. The number of allylic oxidation sites excluding steroid dienone is 6. The van der Waals surface area contributed by atoms with Gasteiger partial charge in [0, 0.05) is 17.1 Å². The number of hydrogen-bond donors (Lipinski definition) is 0. The van der Waals surface area contributed by atoms with Crippen molar-refractivity contribution in [2.75, 3.05) is 0 Å². The summed E-state index contributed by atoms with van der Waals surface area (Å²) in [6, 6.07) is 5.98.